The van der Waals surface area contributed by atoms with E-state index in [0.717, 1.165) is 6.92 Å². The molecule has 0 spiro atoms. The fraction of sp³-hybridized carbons (Fsp3) is 0.667. The van der Waals surface area contributed by atoms with Crippen molar-refractivity contribution >= 4 is 23.6 Å². The number of Topliss-reactive ketones (excluding diaryl/α,β-unsaturated/α-hetero) is 1. The van der Waals surface area contributed by atoms with Gasteiger partial charge in [-0.15, -0.1) is 0 Å². The molecule has 0 bridgehead atoms. The summed E-state index contributed by atoms with van der Waals surface area (Å²) < 4.78 is 4.93. The molecular weight excluding hydrogens is 284 g/mol. The van der Waals surface area contributed by atoms with E-state index in [1.165, 1.54) is 6.92 Å². The number of ketones is 1. The number of nitrogens with one attached hydrogen (secondary N) is 2. The zero-order valence-corrected chi connectivity index (χ0v) is 11.7. The van der Waals surface area contributed by atoms with Gasteiger partial charge in [0.1, 0.15) is 12.2 Å². The number of carboxylic acid groups (broad SMARTS) is 1. The summed E-state index contributed by atoms with van der Waals surface area (Å²) in [6.45, 7) is 2.54. The molecule has 1 fully saturated rings. The van der Waals surface area contributed by atoms with Crippen molar-refractivity contribution in [1.82, 2.24) is 10.6 Å². The maximum Gasteiger partial charge on any atom is 0.329 e. The summed E-state index contributed by atoms with van der Waals surface area (Å²) in [4.78, 5) is 44.7. The summed E-state index contributed by atoms with van der Waals surface area (Å²) in [5, 5.41) is 23.3. The summed E-state index contributed by atoms with van der Waals surface area (Å²) in [6, 6.07) is -2.47. The lowest BCUT2D eigenvalue weighted by Crippen LogP contribution is -2.55. The molecule has 0 aromatic rings. The van der Waals surface area contributed by atoms with Gasteiger partial charge < -0.3 is 25.6 Å². The summed E-state index contributed by atoms with van der Waals surface area (Å²) >= 11 is 0. The van der Waals surface area contributed by atoms with Gasteiger partial charge in [-0.3, -0.25) is 14.4 Å². The number of carbonyl (C=O) groups excluding carboxylic acids is 3. The molecule has 0 aromatic heterocycles. The molecule has 4 atom stereocenters. The third kappa shape index (κ3) is 4.80. The van der Waals surface area contributed by atoms with Gasteiger partial charge >= 0.3 is 11.9 Å². The van der Waals surface area contributed by atoms with Crippen molar-refractivity contribution in [2.75, 3.05) is 6.54 Å². The van der Waals surface area contributed by atoms with Gasteiger partial charge in [0.25, 0.3) is 0 Å². The SMILES string of the molecule is CC(=O)OC1CN[C@H](C(=O)N[C@H](C(=O)O)C(O)C(C)=O)C1. The Morgan fingerprint density at radius 2 is 1.90 bits per heavy atom. The standard InChI is InChI=1S/C12H18N2O7/c1-5(15)10(17)9(12(19)20)14-11(18)8-3-7(4-13-8)21-6(2)16/h7-10,13,17H,3-4H2,1-2H3,(H,14,18)(H,19,20)/t7?,8-,9-,10?/m0/s1. The molecule has 1 amide bonds. The predicted octanol–water partition coefficient (Wildman–Crippen LogP) is -2.20. The Bertz CT molecular complexity index is 451. The second-order valence-corrected chi connectivity index (χ2v) is 4.81. The number of hydrogen-bond acceptors (Lipinski definition) is 7. The Hall–Kier alpha value is -2.00. The largest absolute Gasteiger partial charge is 0.480 e. The molecular formula is C12H18N2O7. The molecule has 1 rings (SSSR count). The lowest BCUT2D eigenvalue weighted by Gasteiger charge is -2.20. The number of aliphatic hydroxyl groups is 1. The second-order valence-electron chi connectivity index (χ2n) is 4.81. The van der Waals surface area contributed by atoms with Gasteiger partial charge in [0.15, 0.2) is 11.8 Å². The van der Waals surface area contributed by atoms with Gasteiger partial charge in [-0.2, -0.15) is 0 Å². The molecule has 1 heterocycles. The maximum atomic E-state index is 11.9. The van der Waals surface area contributed by atoms with Crippen molar-refractivity contribution < 1.29 is 34.1 Å². The quantitative estimate of drug-likeness (QED) is 0.405. The average Bonchev–Trinajstić information content (AvgIpc) is 2.81. The Morgan fingerprint density at radius 3 is 2.38 bits per heavy atom. The van der Waals surface area contributed by atoms with Gasteiger partial charge in [0.05, 0.1) is 6.04 Å². The predicted molar refractivity (Wildman–Crippen MR) is 68.2 cm³/mol. The number of hydrogen-bond donors (Lipinski definition) is 4. The summed E-state index contributed by atoms with van der Waals surface area (Å²) in [5.74, 6) is -3.43. The minimum atomic E-state index is -1.82. The summed E-state index contributed by atoms with van der Waals surface area (Å²) in [7, 11) is 0. The highest BCUT2D eigenvalue weighted by Gasteiger charge is 2.36. The molecule has 9 nitrogen and oxygen atoms in total. The Balaban J connectivity index is 2.61. The molecule has 1 saturated heterocycles. The van der Waals surface area contributed by atoms with Crippen molar-refractivity contribution in [3.05, 3.63) is 0 Å². The van der Waals surface area contributed by atoms with E-state index in [-0.39, 0.29) is 13.0 Å². The first-order valence-corrected chi connectivity index (χ1v) is 6.34. The van der Waals surface area contributed by atoms with Crippen LogP contribution in [0.1, 0.15) is 20.3 Å². The maximum absolute atomic E-state index is 11.9. The number of amides is 1. The number of aliphatic carboxylic acids is 1. The first-order chi connectivity index (χ1) is 9.72. The lowest BCUT2D eigenvalue weighted by molar-refractivity contribution is -0.148. The van der Waals surface area contributed by atoms with E-state index in [0.29, 0.717) is 0 Å². The molecule has 4 N–H and O–H groups in total. The van der Waals surface area contributed by atoms with Gasteiger partial charge in [-0.1, -0.05) is 0 Å². The van der Waals surface area contributed by atoms with Gasteiger partial charge in [-0.25, -0.2) is 4.79 Å². The highest BCUT2D eigenvalue weighted by Crippen LogP contribution is 2.11. The molecule has 0 radical (unpaired) electrons. The highest BCUT2D eigenvalue weighted by molar-refractivity contribution is 5.92. The van der Waals surface area contributed by atoms with Gasteiger partial charge in [0, 0.05) is 19.9 Å². The first-order valence-electron chi connectivity index (χ1n) is 6.34. The zero-order valence-electron chi connectivity index (χ0n) is 11.7. The van der Waals surface area contributed by atoms with Crippen molar-refractivity contribution in [3.8, 4) is 0 Å². The van der Waals surface area contributed by atoms with Crippen LogP contribution in [-0.4, -0.2) is 64.7 Å². The Morgan fingerprint density at radius 1 is 1.29 bits per heavy atom. The van der Waals surface area contributed by atoms with Crippen molar-refractivity contribution in [2.24, 2.45) is 0 Å². The summed E-state index contributed by atoms with van der Waals surface area (Å²) in [6.07, 6.45) is -2.11. The van der Waals surface area contributed by atoms with E-state index < -0.39 is 47.9 Å². The van der Waals surface area contributed by atoms with Crippen LogP contribution in [0.5, 0.6) is 0 Å². The van der Waals surface area contributed by atoms with Crippen LogP contribution in [0.4, 0.5) is 0 Å². The number of aliphatic hydroxyl groups excluding tert-OH is 1. The van der Waals surface area contributed by atoms with E-state index in [1.807, 2.05) is 0 Å². The van der Waals surface area contributed by atoms with Crippen molar-refractivity contribution in [3.63, 3.8) is 0 Å². The van der Waals surface area contributed by atoms with Crippen LogP contribution in [0.3, 0.4) is 0 Å². The fourth-order valence-corrected chi connectivity index (χ4v) is 1.99. The summed E-state index contributed by atoms with van der Waals surface area (Å²) in [5.41, 5.74) is 0. The number of rotatable bonds is 6. The second kappa shape index (κ2) is 7.14. The minimum absolute atomic E-state index is 0.188. The zero-order chi connectivity index (χ0) is 16.2. The monoisotopic (exact) mass is 302 g/mol. The molecule has 1 aliphatic heterocycles. The van der Waals surface area contributed by atoms with Gasteiger partial charge in [-0.05, 0) is 6.92 Å². The highest BCUT2D eigenvalue weighted by atomic mass is 16.5. The van der Waals surface area contributed by atoms with Crippen molar-refractivity contribution in [1.29, 1.82) is 0 Å². The van der Waals surface area contributed by atoms with Crippen LogP contribution in [0.2, 0.25) is 0 Å². The Kier molecular flexibility index (Phi) is 5.79. The average molecular weight is 302 g/mol. The molecule has 1 aliphatic rings. The molecule has 9 heteroatoms. The minimum Gasteiger partial charge on any atom is -0.480 e. The normalized spacial score (nSPS) is 24.0. The third-order valence-electron chi connectivity index (χ3n) is 3.04. The van der Waals surface area contributed by atoms with Crippen LogP contribution in [0.15, 0.2) is 0 Å². The van der Waals surface area contributed by atoms with Crippen LogP contribution in [0.25, 0.3) is 0 Å². The molecule has 21 heavy (non-hydrogen) atoms. The van der Waals surface area contributed by atoms with E-state index in [9.17, 15) is 24.3 Å². The number of esters is 1. The van der Waals surface area contributed by atoms with Crippen LogP contribution >= 0.6 is 0 Å². The lowest BCUT2D eigenvalue weighted by atomic mass is 10.1. The molecule has 0 aromatic carbocycles. The smallest absolute Gasteiger partial charge is 0.329 e. The molecule has 118 valence electrons. The topological polar surface area (TPSA) is 142 Å². The number of carboxylic acids is 1. The first kappa shape index (κ1) is 17.1. The van der Waals surface area contributed by atoms with Crippen LogP contribution < -0.4 is 10.6 Å². The third-order valence-corrected chi connectivity index (χ3v) is 3.04. The molecule has 2 unspecified atom stereocenters. The Labute approximate surface area is 120 Å². The van der Waals surface area contributed by atoms with Crippen LogP contribution in [0, 0.1) is 0 Å². The van der Waals surface area contributed by atoms with Crippen molar-refractivity contribution in [2.45, 2.75) is 44.6 Å². The van der Waals surface area contributed by atoms with E-state index in [4.69, 9.17) is 9.84 Å². The van der Waals surface area contributed by atoms with Crippen LogP contribution in [-0.2, 0) is 23.9 Å². The molecule has 0 saturated carbocycles. The van der Waals surface area contributed by atoms with Gasteiger partial charge in [0.2, 0.25) is 5.91 Å². The number of ether oxygens (including phenoxy) is 1. The van der Waals surface area contributed by atoms with E-state index in [1.54, 1.807) is 0 Å². The van der Waals surface area contributed by atoms with E-state index in [2.05, 4.69) is 10.6 Å². The fourth-order valence-electron chi connectivity index (χ4n) is 1.99. The number of carbonyl (C=O) groups is 4. The molecule has 0 aliphatic carbocycles. The van der Waals surface area contributed by atoms with E-state index >= 15 is 0 Å².